The summed E-state index contributed by atoms with van der Waals surface area (Å²) in [6.07, 6.45) is 8.29. The summed E-state index contributed by atoms with van der Waals surface area (Å²) in [6, 6.07) is 2.44. The van der Waals surface area contributed by atoms with Gasteiger partial charge in [0.05, 0.1) is 11.5 Å². The zero-order valence-electron chi connectivity index (χ0n) is 11.0. The number of alkyl halides is 1. The molecule has 0 amide bonds. The lowest BCUT2D eigenvalue weighted by Crippen LogP contribution is -2.40. The van der Waals surface area contributed by atoms with Gasteiger partial charge in [-0.15, -0.1) is 0 Å². The molecule has 0 unspecified atom stereocenters. The van der Waals surface area contributed by atoms with Gasteiger partial charge in [0.15, 0.2) is 0 Å². The van der Waals surface area contributed by atoms with Crippen molar-refractivity contribution in [2.45, 2.75) is 19.8 Å². The lowest BCUT2D eigenvalue weighted by atomic mass is 9.73. The summed E-state index contributed by atoms with van der Waals surface area (Å²) in [6.45, 7) is 8.15. The van der Waals surface area contributed by atoms with E-state index < -0.39 is 12.1 Å². The lowest BCUT2D eigenvalue weighted by molar-refractivity contribution is 0.175. The van der Waals surface area contributed by atoms with E-state index in [9.17, 15) is 9.65 Å². The zero-order valence-corrected chi connectivity index (χ0v) is 11.0. The van der Waals surface area contributed by atoms with E-state index in [1.165, 1.54) is 6.08 Å². The highest BCUT2D eigenvalue weighted by Gasteiger charge is 2.36. The molecule has 0 atom stereocenters. The van der Waals surface area contributed by atoms with E-state index in [1.807, 2.05) is 6.08 Å². The molecular formula is C15H21FN2. The summed E-state index contributed by atoms with van der Waals surface area (Å²) < 4.78 is 12.3. The number of piperidine rings is 1. The van der Waals surface area contributed by atoms with Crippen LogP contribution in [-0.4, -0.2) is 31.2 Å². The SMILES string of the molecule is C=C/C=C(\C=C/CF)C1(C#N)CCN(CC)CC1. The van der Waals surface area contributed by atoms with Gasteiger partial charge in [-0.3, -0.25) is 0 Å². The van der Waals surface area contributed by atoms with E-state index >= 15 is 0 Å². The minimum atomic E-state index is -0.503. The molecule has 0 aliphatic carbocycles. The van der Waals surface area contributed by atoms with Gasteiger partial charge in [-0.1, -0.05) is 37.8 Å². The molecule has 18 heavy (non-hydrogen) atoms. The molecule has 0 bridgehead atoms. The quantitative estimate of drug-likeness (QED) is 0.698. The van der Waals surface area contributed by atoms with Crippen LogP contribution in [0.4, 0.5) is 4.39 Å². The fourth-order valence-corrected chi connectivity index (χ4v) is 2.39. The third-order valence-corrected chi connectivity index (χ3v) is 3.61. The maximum Gasteiger partial charge on any atom is 0.108 e. The van der Waals surface area contributed by atoms with Crippen molar-refractivity contribution in [2.75, 3.05) is 26.3 Å². The van der Waals surface area contributed by atoms with Gasteiger partial charge in [-0.25, -0.2) is 4.39 Å². The molecule has 0 N–H and O–H groups in total. The third-order valence-electron chi connectivity index (χ3n) is 3.61. The van der Waals surface area contributed by atoms with Crippen molar-refractivity contribution in [1.82, 2.24) is 4.90 Å². The number of likely N-dealkylation sites (tertiary alicyclic amines) is 1. The van der Waals surface area contributed by atoms with Crippen LogP contribution in [0, 0.1) is 16.7 Å². The second kappa shape index (κ2) is 7.13. The molecule has 1 fully saturated rings. The monoisotopic (exact) mass is 248 g/mol. The van der Waals surface area contributed by atoms with Crippen LogP contribution in [0.1, 0.15) is 19.8 Å². The summed E-state index contributed by atoms with van der Waals surface area (Å²) >= 11 is 0. The van der Waals surface area contributed by atoms with Gasteiger partial charge in [-0.2, -0.15) is 5.26 Å². The van der Waals surface area contributed by atoms with Crippen LogP contribution in [0.2, 0.25) is 0 Å². The fourth-order valence-electron chi connectivity index (χ4n) is 2.39. The Morgan fingerprint density at radius 1 is 1.50 bits per heavy atom. The van der Waals surface area contributed by atoms with Gasteiger partial charge < -0.3 is 4.90 Å². The van der Waals surface area contributed by atoms with Crippen molar-refractivity contribution < 1.29 is 4.39 Å². The average Bonchev–Trinajstić information content (AvgIpc) is 2.43. The summed E-state index contributed by atoms with van der Waals surface area (Å²) in [4.78, 5) is 2.33. The molecule has 1 aliphatic heterocycles. The average molecular weight is 248 g/mol. The van der Waals surface area contributed by atoms with Crippen molar-refractivity contribution in [3.63, 3.8) is 0 Å². The summed E-state index contributed by atoms with van der Waals surface area (Å²) in [7, 11) is 0. The first-order valence-corrected chi connectivity index (χ1v) is 6.41. The zero-order chi connectivity index (χ0) is 13.4. The predicted molar refractivity (Wildman–Crippen MR) is 72.8 cm³/mol. The summed E-state index contributed by atoms with van der Waals surface area (Å²) in [5.74, 6) is 0. The van der Waals surface area contributed by atoms with Gasteiger partial charge in [0, 0.05) is 0 Å². The molecule has 3 heteroatoms. The first kappa shape index (κ1) is 14.7. The van der Waals surface area contributed by atoms with E-state index in [0.717, 1.165) is 38.0 Å². The van der Waals surface area contributed by atoms with E-state index in [-0.39, 0.29) is 0 Å². The minimum absolute atomic E-state index is 0.481. The largest absolute Gasteiger partial charge is 0.303 e. The van der Waals surface area contributed by atoms with Crippen molar-refractivity contribution in [3.05, 3.63) is 36.5 Å². The standard InChI is InChI=1S/C15H21FN2/c1-3-6-14(7-5-10-16)15(13-17)8-11-18(4-2)12-9-15/h3,5-7H,1,4,8-12H2,2H3/b7-5-,14-6+. The predicted octanol–water partition coefficient (Wildman–Crippen LogP) is 3.25. The Kier molecular flexibility index (Phi) is 5.80. The van der Waals surface area contributed by atoms with E-state index in [1.54, 1.807) is 12.2 Å². The molecule has 1 heterocycles. The van der Waals surface area contributed by atoms with Crippen LogP contribution in [-0.2, 0) is 0 Å². The molecule has 98 valence electrons. The van der Waals surface area contributed by atoms with Crippen molar-refractivity contribution >= 4 is 0 Å². The van der Waals surface area contributed by atoms with E-state index in [0.29, 0.717) is 0 Å². The minimum Gasteiger partial charge on any atom is -0.303 e. The molecule has 2 nitrogen and oxygen atoms in total. The Bertz CT molecular complexity index is 368. The van der Waals surface area contributed by atoms with E-state index in [4.69, 9.17) is 0 Å². The number of halogens is 1. The van der Waals surface area contributed by atoms with Crippen LogP contribution < -0.4 is 0 Å². The Labute approximate surface area is 109 Å². The molecule has 1 saturated heterocycles. The molecule has 1 aliphatic rings. The highest BCUT2D eigenvalue weighted by Crippen LogP contribution is 2.38. The normalized spacial score (nSPS) is 20.8. The van der Waals surface area contributed by atoms with Gasteiger partial charge in [-0.05, 0) is 38.0 Å². The van der Waals surface area contributed by atoms with Crippen molar-refractivity contribution in [2.24, 2.45) is 5.41 Å². The van der Waals surface area contributed by atoms with Crippen molar-refractivity contribution in [3.8, 4) is 6.07 Å². The highest BCUT2D eigenvalue weighted by atomic mass is 19.1. The maximum absolute atomic E-state index is 12.3. The Balaban J connectivity index is 2.93. The van der Waals surface area contributed by atoms with Gasteiger partial charge in [0.25, 0.3) is 0 Å². The molecule has 0 aromatic rings. The molecule has 0 aromatic heterocycles. The number of nitrogens with zero attached hydrogens (tertiary/aromatic N) is 2. The van der Waals surface area contributed by atoms with Crippen LogP contribution in [0.15, 0.2) is 36.5 Å². The maximum atomic E-state index is 12.3. The summed E-state index contributed by atoms with van der Waals surface area (Å²) in [5.41, 5.74) is 0.402. The van der Waals surface area contributed by atoms with Gasteiger partial charge in [0.1, 0.15) is 6.67 Å². The first-order valence-electron chi connectivity index (χ1n) is 6.41. The second-order valence-electron chi connectivity index (χ2n) is 4.54. The van der Waals surface area contributed by atoms with Crippen LogP contribution in [0.25, 0.3) is 0 Å². The molecule has 0 spiro atoms. The smallest absolute Gasteiger partial charge is 0.108 e. The molecule has 0 aromatic carbocycles. The van der Waals surface area contributed by atoms with Crippen molar-refractivity contribution in [1.29, 1.82) is 5.26 Å². The fraction of sp³-hybridized carbons (Fsp3) is 0.533. The number of hydrogen-bond donors (Lipinski definition) is 0. The number of hydrogen-bond acceptors (Lipinski definition) is 2. The molecule has 0 radical (unpaired) electrons. The number of nitriles is 1. The van der Waals surface area contributed by atoms with Gasteiger partial charge in [0.2, 0.25) is 0 Å². The van der Waals surface area contributed by atoms with Gasteiger partial charge >= 0.3 is 0 Å². The first-order chi connectivity index (χ1) is 8.72. The topological polar surface area (TPSA) is 27.0 Å². The number of allylic oxidation sites excluding steroid dienone is 5. The highest BCUT2D eigenvalue weighted by molar-refractivity contribution is 5.36. The second-order valence-corrected chi connectivity index (χ2v) is 4.54. The van der Waals surface area contributed by atoms with Crippen LogP contribution >= 0.6 is 0 Å². The van der Waals surface area contributed by atoms with Crippen LogP contribution in [0.5, 0.6) is 0 Å². The number of rotatable bonds is 5. The Morgan fingerprint density at radius 3 is 2.61 bits per heavy atom. The lowest BCUT2D eigenvalue weighted by Gasteiger charge is -2.37. The molecule has 1 rings (SSSR count). The third kappa shape index (κ3) is 3.30. The summed E-state index contributed by atoms with van der Waals surface area (Å²) in [5, 5.41) is 9.53. The van der Waals surface area contributed by atoms with Crippen LogP contribution in [0.3, 0.4) is 0 Å². The molecule has 0 saturated carbocycles. The Morgan fingerprint density at radius 2 is 2.17 bits per heavy atom. The Hall–Kier alpha value is -1.40. The molecular weight excluding hydrogens is 227 g/mol. The van der Waals surface area contributed by atoms with E-state index in [2.05, 4.69) is 24.5 Å².